The molecule has 5 rings (SSSR count). The molecule has 2 aliphatic heterocycles. The third-order valence-corrected chi connectivity index (χ3v) is 6.47. The van der Waals surface area contributed by atoms with Gasteiger partial charge in [0, 0.05) is 26.2 Å². The first-order valence-electron chi connectivity index (χ1n) is 12.8. The van der Waals surface area contributed by atoms with Crippen molar-refractivity contribution in [1.82, 2.24) is 15.0 Å². The molecular formula is C27H32FN7O. The van der Waals surface area contributed by atoms with Crippen molar-refractivity contribution in [3.63, 3.8) is 0 Å². The second-order valence-corrected chi connectivity index (χ2v) is 9.21. The van der Waals surface area contributed by atoms with E-state index in [-0.39, 0.29) is 5.82 Å². The molecule has 0 saturated carbocycles. The molecule has 2 fully saturated rings. The van der Waals surface area contributed by atoms with E-state index in [0.29, 0.717) is 12.6 Å². The van der Waals surface area contributed by atoms with Crippen LogP contribution in [-0.4, -0.2) is 47.3 Å². The predicted octanol–water partition coefficient (Wildman–Crippen LogP) is 5.02. The molecule has 1 aromatic heterocycles. The van der Waals surface area contributed by atoms with Gasteiger partial charge < -0.3 is 14.5 Å². The minimum absolute atomic E-state index is 0.251. The fraction of sp³-hybridized carbons (Fsp3) is 0.407. The van der Waals surface area contributed by atoms with Gasteiger partial charge in [-0.3, -0.25) is 0 Å². The first kappa shape index (κ1) is 24.0. The highest BCUT2D eigenvalue weighted by atomic mass is 19.1. The van der Waals surface area contributed by atoms with Crippen molar-refractivity contribution < 1.29 is 9.13 Å². The Morgan fingerprint density at radius 1 is 0.778 bits per heavy atom. The van der Waals surface area contributed by atoms with Crippen molar-refractivity contribution in [2.75, 3.05) is 41.4 Å². The lowest BCUT2D eigenvalue weighted by molar-refractivity contribution is 0.306. The monoisotopic (exact) mass is 489 g/mol. The summed E-state index contributed by atoms with van der Waals surface area (Å²) >= 11 is 0. The first-order chi connectivity index (χ1) is 17.7. The van der Waals surface area contributed by atoms with Crippen LogP contribution in [0.4, 0.5) is 22.2 Å². The molecule has 2 saturated heterocycles. The average molecular weight is 490 g/mol. The molecule has 2 aromatic carbocycles. The van der Waals surface area contributed by atoms with Gasteiger partial charge in [-0.25, -0.2) is 9.82 Å². The zero-order chi connectivity index (χ0) is 24.6. The summed E-state index contributed by atoms with van der Waals surface area (Å²) in [6.07, 6.45) is 8.89. The fourth-order valence-electron chi connectivity index (χ4n) is 4.44. The Hall–Kier alpha value is -3.75. The summed E-state index contributed by atoms with van der Waals surface area (Å²) in [5.41, 5.74) is 4.84. The summed E-state index contributed by atoms with van der Waals surface area (Å²) in [4.78, 5) is 18.6. The molecule has 8 nitrogen and oxygen atoms in total. The maximum Gasteiger partial charge on any atom is 0.250 e. The molecule has 36 heavy (non-hydrogen) atoms. The number of nitrogens with one attached hydrogen (secondary N) is 1. The number of benzene rings is 2. The summed E-state index contributed by atoms with van der Waals surface area (Å²) in [5, 5.41) is 4.37. The van der Waals surface area contributed by atoms with Crippen molar-refractivity contribution >= 4 is 24.1 Å². The van der Waals surface area contributed by atoms with Gasteiger partial charge in [0.2, 0.25) is 17.8 Å². The fourth-order valence-corrected chi connectivity index (χ4v) is 4.44. The van der Waals surface area contributed by atoms with E-state index < -0.39 is 0 Å². The number of hydrazone groups is 1. The van der Waals surface area contributed by atoms with Crippen LogP contribution in [0.3, 0.4) is 0 Å². The molecule has 9 heteroatoms. The van der Waals surface area contributed by atoms with Gasteiger partial charge in [0.1, 0.15) is 18.2 Å². The Bertz CT molecular complexity index is 1110. The van der Waals surface area contributed by atoms with Crippen LogP contribution in [-0.2, 0) is 6.61 Å². The maximum absolute atomic E-state index is 13.0. The second-order valence-electron chi connectivity index (χ2n) is 9.21. The summed E-state index contributed by atoms with van der Waals surface area (Å²) in [6, 6.07) is 13.9. The smallest absolute Gasteiger partial charge is 0.250 e. The Balaban J connectivity index is 1.23. The van der Waals surface area contributed by atoms with E-state index in [0.717, 1.165) is 80.6 Å². The van der Waals surface area contributed by atoms with Crippen LogP contribution in [0.5, 0.6) is 5.75 Å². The number of halogens is 1. The van der Waals surface area contributed by atoms with E-state index in [9.17, 15) is 4.39 Å². The summed E-state index contributed by atoms with van der Waals surface area (Å²) in [6.45, 7) is 4.28. The van der Waals surface area contributed by atoms with Crippen molar-refractivity contribution in [1.29, 1.82) is 0 Å². The molecule has 2 aliphatic rings. The van der Waals surface area contributed by atoms with Gasteiger partial charge in [-0.05, 0) is 86.1 Å². The zero-order valence-electron chi connectivity index (χ0n) is 20.4. The average Bonchev–Trinajstić information content (AvgIpc) is 2.94. The number of ether oxygens (including phenoxy) is 1. The highest BCUT2D eigenvalue weighted by Crippen LogP contribution is 2.22. The van der Waals surface area contributed by atoms with Crippen molar-refractivity contribution in [3.8, 4) is 5.75 Å². The molecule has 3 heterocycles. The lowest BCUT2D eigenvalue weighted by Crippen LogP contribution is -2.34. The Morgan fingerprint density at radius 2 is 1.36 bits per heavy atom. The molecule has 0 spiro atoms. The van der Waals surface area contributed by atoms with Gasteiger partial charge in [-0.1, -0.05) is 12.1 Å². The quantitative estimate of drug-likeness (QED) is 0.352. The lowest BCUT2D eigenvalue weighted by atomic mass is 10.1. The molecule has 3 aromatic rings. The van der Waals surface area contributed by atoms with E-state index in [4.69, 9.17) is 9.72 Å². The van der Waals surface area contributed by atoms with Crippen molar-refractivity contribution in [3.05, 3.63) is 65.5 Å². The number of aromatic nitrogens is 3. The molecule has 188 valence electrons. The first-order valence-corrected chi connectivity index (χ1v) is 12.8. The number of nitrogens with zero attached hydrogens (tertiary/aromatic N) is 6. The standard InChI is InChI=1S/C27H32FN7O/c28-23-11-7-22(8-12-23)20-36-24-13-9-21(10-14-24)19-29-33-25-30-26(34-15-3-1-4-16-34)32-27(31-25)35-17-5-2-6-18-35/h7-14,19H,1-6,15-18,20H2,(H,30,31,32,33)/b29-19+. The highest BCUT2D eigenvalue weighted by Gasteiger charge is 2.20. The molecule has 0 aliphatic carbocycles. The van der Waals surface area contributed by atoms with Gasteiger partial charge >= 0.3 is 0 Å². The van der Waals surface area contributed by atoms with Gasteiger partial charge in [0.25, 0.3) is 0 Å². The van der Waals surface area contributed by atoms with E-state index in [1.54, 1.807) is 18.3 Å². The third-order valence-electron chi connectivity index (χ3n) is 6.47. The second kappa shape index (κ2) is 11.8. The van der Waals surface area contributed by atoms with Crippen LogP contribution in [0.15, 0.2) is 53.6 Å². The molecule has 1 N–H and O–H groups in total. The lowest BCUT2D eigenvalue weighted by Gasteiger charge is -2.30. The van der Waals surface area contributed by atoms with E-state index in [1.165, 1.54) is 25.0 Å². The topological polar surface area (TPSA) is 78.8 Å². The van der Waals surface area contributed by atoms with Gasteiger partial charge in [0.05, 0.1) is 6.21 Å². The Labute approximate surface area is 211 Å². The minimum atomic E-state index is -0.251. The SMILES string of the molecule is Fc1ccc(COc2ccc(/C=N/Nc3nc(N4CCCCC4)nc(N4CCCCC4)n3)cc2)cc1. The summed E-state index contributed by atoms with van der Waals surface area (Å²) in [7, 11) is 0. The van der Waals surface area contributed by atoms with E-state index >= 15 is 0 Å². The molecule has 0 unspecified atom stereocenters. The van der Waals surface area contributed by atoms with Crippen LogP contribution < -0.4 is 20.0 Å². The van der Waals surface area contributed by atoms with Crippen LogP contribution in [0.2, 0.25) is 0 Å². The molecule has 0 amide bonds. The van der Waals surface area contributed by atoms with E-state index in [2.05, 4.69) is 30.3 Å². The summed E-state index contributed by atoms with van der Waals surface area (Å²) in [5.74, 6) is 2.40. The maximum atomic E-state index is 13.0. The minimum Gasteiger partial charge on any atom is -0.489 e. The van der Waals surface area contributed by atoms with Crippen molar-refractivity contribution in [2.45, 2.75) is 45.1 Å². The summed E-state index contributed by atoms with van der Waals surface area (Å²) < 4.78 is 18.8. The zero-order valence-corrected chi connectivity index (χ0v) is 20.4. The Kier molecular flexibility index (Phi) is 7.85. The largest absolute Gasteiger partial charge is 0.489 e. The van der Waals surface area contributed by atoms with Crippen LogP contribution in [0.25, 0.3) is 0 Å². The van der Waals surface area contributed by atoms with Crippen LogP contribution >= 0.6 is 0 Å². The van der Waals surface area contributed by atoms with E-state index in [1.807, 2.05) is 24.3 Å². The number of rotatable bonds is 8. The normalized spacial score (nSPS) is 16.4. The van der Waals surface area contributed by atoms with Gasteiger partial charge in [0.15, 0.2) is 0 Å². The van der Waals surface area contributed by atoms with Crippen LogP contribution in [0.1, 0.15) is 49.7 Å². The molecule has 0 bridgehead atoms. The predicted molar refractivity (Wildman–Crippen MR) is 140 cm³/mol. The van der Waals surface area contributed by atoms with Crippen molar-refractivity contribution in [2.24, 2.45) is 5.10 Å². The molecule has 0 radical (unpaired) electrons. The third kappa shape index (κ3) is 6.47. The van der Waals surface area contributed by atoms with Gasteiger partial charge in [-0.15, -0.1) is 0 Å². The number of anilines is 3. The van der Waals surface area contributed by atoms with Crippen LogP contribution in [0, 0.1) is 5.82 Å². The number of hydrogen-bond acceptors (Lipinski definition) is 8. The highest BCUT2D eigenvalue weighted by molar-refractivity contribution is 5.80. The number of piperidine rings is 2. The number of hydrogen-bond donors (Lipinski definition) is 1. The Morgan fingerprint density at radius 3 is 1.94 bits per heavy atom. The molecular weight excluding hydrogens is 457 g/mol. The molecule has 0 atom stereocenters. The van der Waals surface area contributed by atoms with Gasteiger partial charge in [-0.2, -0.15) is 20.1 Å².